The van der Waals surface area contributed by atoms with Crippen molar-refractivity contribution in [2.75, 3.05) is 20.1 Å². The maximum atomic E-state index is 14.5. The van der Waals surface area contributed by atoms with Gasteiger partial charge in [0.25, 0.3) is 5.91 Å². The largest absolute Gasteiger partial charge is 0.386 e. The van der Waals surface area contributed by atoms with E-state index < -0.39 is 29.4 Å². The molecule has 3 amide bonds. The molecule has 12 nitrogen and oxygen atoms in total. The van der Waals surface area contributed by atoms with Gasteiger partial charge >= 0.3 is 0 Å². The van der Waals surface area contributed by atoms with Gasteiger partial charge in [0, 0.05) is 26.1 Å². The van der Waals surface area contributed by atoms with E-state index in [2.05, 4.69) is 39.9 Å². The van der Waals surface area contributed by atoms with Crippen LogP contribution in [-0.4, -0.2) is 89.3 Å². The number of hydrogen-bond acceptors (Lipinski definition) is 6. The molecule has 0 aromatic heterocycles. The lowest BCUT2D eigenvalue weighted by molar-refractivity contribution is -0.135. The number of nitrogens with zero attached hydrogens (tertiary/aromatic N) is 4. The van der Waals surface area contributed by atoms with E-state index in [0.29, 0.717) is 25.4 Å². The summed E-state index contributed by atoms with van der Waals surface area (Å²) in [7, 11) is 1.82. The van der Waals surface area contributed by atoms with Crippen LogP contribution < -0.4 is 22.5 Å². The third-order valence-corrected chi connectivity index (χ3v) is 10.0. The SMILES string of the molecule is CC(C)[C@H]1CCN(C(=O)[C@@H](N=C(N)N[C@H](CN(C)C(=O)C2CC2)C(C)(C)C)C(C)(C)C)[C@@H]1C(N)=NC(CC1CCC1)C(=N)C(N)=O. The van der Waals surface area contributed by atoms with Crippen molar-refractivity contribution in [3.05, 3.63) is 0 Å². The number of nitrogens with one attached hydrogen (secondary N) is 2. The molecule has 260 valence electrons. The Labute approximate surface area is 276 Å². The predicted molar refractivity (Wildman–Crippen MR) is 184 cm³/mol. The summed E-state index contributed by atoms with van der Waals surface area (Å²) in [5.41, 5.74) is 17.7. The molecule has 2 aliphatic carbocycles. The molecule has 2 saturated carbocycles. The zero-order valence-electron chi connectivity index (χ0n) is 29.7. The highest BCUT2D eigenvalue weighted by Crippen LogP contribution is 2.36. The summed E-state index contributed by atoms with van der Waals surface area (Å²) in [4.78, 5) is 52.2. The van der Waals surface area contributed by atoms with Gasteiger partial charge in [-0.2, -0.15) is 0 Å². The molecule has 5 atom stereocenters. The van der Waals surface area contributed by atoms with Crippen LogP contribution in [0.15, 0.2) is 9.98 Å². The molecule has 3 aliphatic rings. The summed E-state index contributed by atoms with van der Waals surface area (Å²) < 4.78 is 0. The van der Waals surface area contributed by atoms with Gasteiger partial charge in [-0.1, -0.05) is 74.7 Å². The molecule has 3 rings (SSSR count). The summed E-state index contributed by atoms with van der Waals surface area (Å²) in [5, 5.41) is 11.7. The van der Waals surface area contributed by atoms with Gasteiger partial charge in [0.05, 0.1) is 18.1 Å². The second kappa shape index (κ2) is 14.7. The van der Waals surface area contributed by atoms with Gasteiger partial charge in [-0.25, -0.2) is 4.99 Å². The zero-order valence-corrected chi connectivity index (χ0v) is 29.7. The monoisotopic (exact) mass is 643 g/mol. The maximum absolute atomic E-state index is 14.5. The molecular formula is C34H61N9O3. The number of nitrogens with two attached hydrogens (primary N) is 3. The first-order valence-electron chi connectivity index (χ1n) is 17.1. The first-order valence-corrected chi connectivity index (χ1v) is 17.1. The number of likely N-dealkylation sites (N-methyl/N-ethyl adjacent to an activating group) is 1. The number of primary amides is 1. The van der Waals surface area contributed by atoms with Crippen LogP contribution in [0.3, 0.4) is 0 Å². The van der Waals surface area contributed by atoms with E-state index >= 15 is 0 Å². The Morgan fingerprint density at radius 1 is 0.957 bits per heavy atom. The van der Waals surface area contributed by atoms with E-state index in [1.54, 1.807) is 9.80 Å². The molecule has 3 fully saturated rings. The fourth-order valence-electron chi connectivity index (χ4n) is 6.51. The Balaban J connectivity index is 1.90. The van der Waals surface area contributed by atoms with Gasteiger partial charge in [-0.15, -0.1) is 0 Å². The zero-order chi connectivity index (χ0) is 34.7. The number of aliphatic imine (C=N–C) groups is 2. The Hall–Kier alpha value is -3.18. The van der Waals surface area contributed by atoms with Crippen LogP contribution in [0.25, 0.3) is 0 Å². The van der Waals surface area contributed by atoms with E-state index in [9.17, 15) is 14.4 Å². The second-order valence-corrected chi connectivity index (χ2v) is 16.4. The second-order valence-electron chi connectivity index (χ2n) is 16.4. The van der Waals surface area contributed by atoms with E-state index in [4.69, 9.17) is 32.6 Å². The average Bonchev–Trinajstić information content (AvgIpc) is 3.66. The molecule has 1 unspecified atom stereocenters. The van der Waals surface area contributed by atoms with Crippen LogP contribution in [0.2, 0.25) is 0 Å². The number of guanidine groups is 1. The number of amidine groups is 1. The normalized spacial score (nSPS) is 23.5. The van der Waals surface area contributed by atoms with Crippen molar-refractivity contribution in [3.63, 3.8) is 0 Å². The quantitative estimate of drug-likeness (QED) is 0.151. The van der Waals surface area contributed by atoms with Crippen molar-refractivity contribution in [1.29, 1.82) is 5.41 Å². The van der Waals surface area contributed by atoms with Crippen molar-refractivity contribution in [3.8, 4) is 0 Å². The third kappa shape index (κ3) is 9.44. The number of hydrogen-bond donors (Lipinski definition) is 5. The lowest BCUT2D eigenvalue weighted by atomic mass is 9.80. The van der Waals surface area contributed by atoms with E-state index in [-0.39, 0.29) is 58.5 Å². The van der Waals surface area contributed by atoms with Crippen LogP contribution in [0.5, 0.6) is 0 Å². The highest BCUT2D eigenvalue weighted by atomic mass is 16.2. The summed E-state index contributed by atoms with van der Waals surface area (Å²) in [6, 6.07) is -2.25. The minimum absolute atomic E-state index is 0.0460. The van der Waals surface area contributed by atoms with E-state index in [1.807, 2.05) is 27.8 Å². The van der Waals surface area contributed by atoms with Crippen LogP contribution in [0.4, 0.5) is 0 Å². The molecule has 0 radical (unpaired) electrons. The highest BCUT2D eigenvalue weighted by molar-refractivity contribution is 6.39. The van der Waals surface area contributed by atoms with E-state index in [0.717, 1.165) is 38.5 Å². The van der Waals surface area contributed by atoms with Gasteiger partial charge in [0.15, 0.2) is 5.96 Å². The van der Waals surface area contributed by atoms with Gasteiger partial charge in [0.2, 0.25) is 11.8 Å². The number of likely N-dealkylation sites (tertiary alicyclic amines) is 1. The highest BCUT2D eigenvalue weighted by Gasteiger charge is 2.46. The number of rotatable bonds is 13. The molecule has 46 heavy (non-hydrogen) atoms. The fraction of sp³-hybridized carbons (Fsp3) is 0.824. The Bertz CT molecular complexity index is 1190. The smallest absolute Gasteiger partial charge is 0.264 e. The van der Waals surface area contributed by atoms with Crippen molar-refractivity contribution < 1.29 is 14.4 Å². The average molecular weight is 644 g/mol. The Morgan fingerprint density at radius 2 is 1.57 bits per heavy atom. The predicted octanol–water partition coefficient (Wildman–Crippen LogP) is 2.88. The Morgan fingerprint density at radius 3 is 2.02 bits per heavy atom. The van der Waals surface area contributed by atoms with Crippen LogP contribution >= 0.6 is 0 Å². The molecule has 0 bridgehead atoms. The fourth-order valence-corrected chi connectivity index (χ4v) is 6.51. The lowest BCUT2D eigenvalue weighted by Crippen LogP contribution is -2.55. The molecule has 0 aromatic rings. The lowest BCUT2D eigenvalue weighted by Gasteiger charge is -2.37. The van der Waals surface area contributed by atoms with Crippen molar-refractivity contribution >= 4 is 35.2 Å². The summed E-state index contributed by atoms with van der Waals surface area (Å²) in [6.07, 6.45) is 6.36. The minimum Gasteiger partial charge on any atom is -0.386 e. The van der Waals surface area contributed by atoms with Gasteiger partial charge in [-0.3, -0.25) is 24.8 Å². The van der Waals surface area contributed by atoms with Gasteiger partial charge in [0.1, 0.15) is 17.6 Å². The standard InChI is InChI=1S/C34H61N9O3/c1-19(2)22-15-16-43(26(22)28(36)39-23(25(35)29(37)44)17-20-11-10-12-20)31(46)27(34(6,7)8)41-32(38)40-24(33(3,4)5)18-42(9)30(45)21-13-14-21/h19-24,26-27,35H,10-18H2,1-9H3,(H2,36,39)(H2,37,44)(H3,38,40,41)/t22-,23?,24-,26+,27-/m1/s1. The number of carbonyl (C=O) groups excluding carboxylic acids is 3. The van der Waals surface area contributed by atoms with E-state index in [1.165, 1.54) is 0 Å². The summed E-state index contributed by atoms with van der Waals surface area (Å²) in [5.74, 6) is 0.296. The molecule has 1 heterocycles. The molecule has 0 aromatic carbocycles. The number of amides is 3. The first-order chi connectivity index (χ1) is 21.2. The number of carbonyl (C=O) groups is 3. The molecule has 1 aliphatic heterocycles. The van der Waals surface area contributed by atoms with Gasteiger partial charge in [-0.05, 0) is 54.3 Å². The maximum Gasteiger partial charge on any atom is 0.264 e. The molecule has 0 spiro atoms. The summed E-state index contributed by atoms with van der Waals surface area (Å²) in [6.45, 7) is 17.3. The summed E-state index contributed by atoms with van der Waals surface area (Å²) >= 11 is 0. The first kappa shape index (κ1) is 37.3. The third-order valence-electron chi connectivity index (χ3n) is 10.0. The topological polar surface area (TPSA) is 196 Å². The van der Waals surface area contributed by atoms with Crippen LogP contribution in [-0.2, 0) is 14.4 Å². The van der Waals surface area contributed by atoms with Crippen molar-refractivity contribution in [2.24, 2.45) is 61.7 Å². The Kier molecular flexibility index (Phi) is 11.9. The van der Waals surface area contributed by atoms with Gasteiger partial charge < -0.3 is 32.3 Å². The van der Waals surface area contributed by atoms with Crippen LogP contribution in [0, 0.1) is 39.9 Å². The molecule has 12 heteroatoms. The van der Waals surface area contributed by atoms with Crippen molar-refractivity contribution in [1.82, 2.24) is 15.1 Å². The molecule has 1 saturated heterocycles. The minimum atomic E-state index is -0.817. The molecular weight excluding hydrogens is 582 g/mol. The van der Waals surface area contributed by atoms with Crippen LogP contribution in [0.1, 0.15) is 100 Å². The van der Waals surface area contributed by atoms with Crippen molar-refractivity contribution in [2.45, 2.75) is 125 Å². The molecule has 8 N–H and O–H groups in total.